The summed E-state index contributed by atoms with van der Waals surface area (Å²) in [5.74, 6) is -1.08. The molecule has 8 heteroatoms. The van der Waals surface area contributed by atoms with Gasteiger partial charge in [0.15, 0.2) is 4.87 Å². The lowest BCUT2D eigenvalue weighted by Crippen LogP contribution is -2.53. The summed E-state index contributed by atoms with van der Waals surface area (Å²) in [6.07, 6.45) is 0. The Bertz CT molecular complexity index is 1270. The van der Waals surface area contributed by atoms with Crippen LogP contribution < -0.4 is 10.2 Å². The predicted octanol–water partition coefficient (Wildman–Crippen LogP) is 4.93. The Morgan fingerprint density at radius 3 is 2.65 bits per heavy atom. The molecule has 0 aromatic heterocycles. The molecule has 0 radical (unpaired) electrons. The second-order valence-electron chi connectivity index (χ2n) is 8.44. The lowest BCUT2D eigenvalue weighted by Gasteiger charge is -2.33. The van der Waals surface area contributed by atoms with E-state index in [1.807, 2.05) is 55.5 Å². The zero-order valence-electron chi connectivity index (χ0n) is 18.6. The van der Waals surface area contributed by atoms with Crippen molar-refractivity contribution in [2.75, 3.05) is 17.2 Å². The lowest BCUT2D eigenvalue weighted by atomic mass is 10.0. The molecular weight excluding hydrogens is 456 g/mol. The number of urea groups is 1. The Morgan fingerprint density at radius 1 is 1.09 bits per heavy atom. The summed E-state index contributed by atoms with van der Waals surface area (Å²) in [5, 5.41) is 2.94. The molecule has 2 aliphatic rings. The van der Waals surface area contributed by atoms with Crippen molar-refractivity contribution in [1.29, 1.82) is 0 Å². The van der Waals surface area contributed by atoms with Gasteiger partial charge in [-0.1, -0.05) is 54.1 Å². The number of hydrogen-bond donors (Lipinski definition) is 1. The number of amides is 3. The molecule has 3 aromatic carbocycles. The highest BCUT2D eigenvalue weighted by Crippen LogP contribution is 2.54. The fourth-order valence-electron chi connectivity index (χ4n) is 4.58. The van der Waals surface area contributed by atoms with E-state index in [1.54, 1.807) is 4.90 Å². The number of thioether (sulfide) groups is 1. The molecule has 2 heterocycles. The molecule has 1 N–H and O–H groups in total. The van der Waals surface area contributed by atoms with Crippen molar-refractivity contribution in [2.24, 2.45) is 0 Å². The van der Waals surface area contributed by atoms with Gasteiger partial charge in [-0.15, -0.1) is 11.8 Å². The van der Waals surface area contributed by atoms with E-state index >= 15 is 0 Å². The highest BCUT2D eigenvalue weighted by Gasteiger charge is 2.59. The first kappa shape index (κ1) is 22.4. The summed E-state index contributed by atoms with van der Waals surface area (Å²) in [6.45, 7) is 2.63. The minimum absolute atomic E-state index is 0.0528. The van der Waals surface area contributed by atoms with Crippen molar-refractivity contribution in [1.82, 2.24) is 10.2 Å². The molecule has 174 valence electrons. The first-order chi connectivity index (χ1) is 16.4. The third-order valence-corrected chi connectivity index (χ3v) is 7.64. The van der Waals surface area contributed by atoms with Crippen molar-refractivity contribution in [3.63, 3.8) is 0 Å². The fraction of sp³-hybridized carbons (Fsp3) is 0.231. The molecule has 1 spiro atoms. The number of anilines is 1. The molecule has 3 amide bonds. The average Bonchev–Trinajstić information content (AvgIpc) is 3.37. The van der Waals surface area contributed by atoms with Gasteiger partial charge in [0, 0.05) is 36.0 Å². The fourth-order valence-corrected chi connectivity index (χ4v) is 6.03. The summed E-state index contributed by atoms with van der Waals surface area (Å²) in [6, 6.07) is 18.2. The largest absolute Gasteiger partial charge is 0.334 e. The van der Waals surface area contributed by atoms with Crippen LogP contribution in [0.1, 0.15) is 22.3 Å². The Hall–Kier alpha value is -3.39. The summed E-state index contributed by atoms with van der Waals surface area (Å²) in [5.41, 5.74) is 3.48. The number of aryl methyl sites for hydroxylation is 1. The van der Waals surface area contributed by atoms with E-state index in [4.69, 9.17) is 0 Å². The number of carbonyl (C=O) groups excluding carboxylic acids is 2. The molecule has 3 aromatic rings. The van der Waals surface area contributed by atoms with E-state index in [9.17, 15) is 18.4 Å². The number of nitrogens with zero attached hydrogens (tertiary/aromatic N) is 2. The van der Waals surface area contributed by atoms with Gasteiger partial charge >= 0.3 is 6.03 Å². The molecule has 1 saturated heterocycles. The van der Waals surface area contributed by atoms with Crippen LogP contribution in [-0.2, 0) is 22.8 Å². The number of benzene rings is 3. The lowest BCUT2D eigenvalue weighted by molar-refractivity contribution is -0.123. The first-order valence-corrected chi connectivity index (χ1v) is 12.0. The second-order valence-corrected chi connectivity index (χ2v) is 9.72. The van der Waals surface area contributed by atoms with Gasteiger partial charge in [0.1, 0.15) is 11.6 Å². The summed E-state index contributed by atoms with van der Waals surface area (Å²) in [4.78, 5) is 29.1. The summed E-state index contributed by atoms with van der Waals surface area (Å²) >= 11 is 1.41. The third kappa shape index (κ3) is 3.72. The average molecular weight is 480 g/mol. The van der Waals surface area contributed by atoms with E-state index in [2.05, 4.69) is 5.32 Å². The van der Waals surface area contributed by atoms with Gasteiger partial charge in [-0.05, 0) is 24.6 Å². The van der Waals surface area contributed by atoms with Gasteiger partial charge in [-0.3, -0.25) is 9.69 Å². The second kappa shape index (κ2) is 8.76. The van der Waals surface area contributed by atoms with Crippen LogP contribution in [0.2, 0.25) is 0 Å². The Labute approximate surface area is 200 Å². The van der Waals surface area contributed by atoms with Crippen LogP contribution in [0.4, 0.5) is 19.3 Å². The highest BCUT2D eigenvalue weighted by molar-refractivity contribution is 8.01. The Kier molecular flexibility index (Phi) is 5.77. The molecule has 5 rings (SSSR count). The molecule has 5 nitrogen and oxygen atoms in total. The van der Waals surface area contributed by atoms with E-state index in [-0.39, 0.29) is 24.0 Å². The predicted molar refractivity (Wildman–Crippen MR) is 128 cm³/mol. The number of carbonyl (C=O) groups is 2. The maximum absolute atomic E-state index is 14.4. The van der Waals surface area contributed by atoms with Gasteiger partial charge in [-0.25, -0.2) is 13.6 Å². The van der Waals surface area contributed by atoms with Crippen LogP contribution >= 0.6 is 11.8 Å². The molecule has 0 saturated carbocycles. The van der Waals surface area contributed by atoms with Crippen LogP contribution in [0.3, 0.4) is 0 Å². The number of halogens is 2. The highest BCUT2D eigenvalue weighted by atomic mass is 32.2. The normalized spacial score (nSPS) is 19.1. The molecular formula is C26H23F2N3O2S. The topological polar surface area (TPSA) is 52.7 Å². The minimum atomic E-state index is -1.22. The molecule has 0 unspecified atom stereocenters. The quantitative estimate of drug-likeness (QED) is 0.577. The number of fused-ring (bicyclic) bond motifs is 2. The van der Waals surface area contributed by atoms with E-state index in [0.717, 1.165) is 22.8 Å². The van der Waals surface area contributed by atoms with Crippen molar-refractivity contribution in [2.45, 2.75) is 24.9 Å². The van der Waals surface area contributed by atoms with Crippen LogP contribution in [0, 0.1) is 18.6 Å². The maximum atomic E-state index is 14.4. The number of rotatable bonds is 4. The summed E-state index contributed by atoms with van der Waals surface area (Å²) < 4.78 is 27.9. The molecule has 2 aliphatic heterocycles. The van der Waals surface area contributed by atoms with Gasteiger partial charge in [0.25, 0.3) is 5.91 Å². The van der Waals surface area contributed by atoms with E-state index in [0.29, 0.717) is 24.5 Å². The molecule has 0 aliphatic carbocycles. The molecule has 1 fully saturated rings. The number of nitrogens with one attached hydrogen (secondary N) is 1. The van der Waals surface area contributed by atoms with Crippen LogP contribution in [0.15, 0.2) is 66.7 Å². The molecule has 0 bridgehead atoms. The minimum Gasteiger partial charge on any atom is -0.334 e. The van der Waals surface area contributed by atoms with Crippen molar-refractivity contribution < 1.29 is 18.4 Å². The van der Waals surface area contributed by atoms with Gasteiger partial charge in [0.05, 0.1) is 12.2 Å². The monoisotopic (exact) mass is 479 g/mol. The summed E-state index contributed by atoms with van der Waals surface area (Å²) in [7, 11) is 0. The zero-order chi connectivity index (χ0) is 23.9. The zero-order valence-corrected chi connectivity index (χ0v) is 19.4. The van der Waals surface area contributed by atoms with Crippen LogP contribution in [0.25, 0.3) is 0 Å². The van der Waals surface area contributed by atoms with Crippen molar-refractivity contribution >= 4 is 29.4 Å². The standard InChI is InChI=1S/C26H23F2N3O2S/c1-17-7-10-23-21(13-17)26(24(32)30(23)16-19-8-9-20(27)14-22(19)28)31(11-12-34-26)25(33)29-15-18-5-3-2-4-6-18/h2-10,13-14H,11-12,15-16H2,1H3,(H,29,33)/t26-/m1/s1. The number of hydrogen-bond acceptors (Lipinski definition) is 3. The smallest absolute Gasteiger partial charge is 0.319 e. The van der Waals surface area contributed by atoms with Crippen molar-refractivity contribution in [3.8, 4) is 0 Å². The SMILES string of the molecule is Cc1ccc2c(c1)[C@@]1(SCCN1C(=O)NCc1ccccc1)C(=O)N2Cc1ccc(F)cc1F. The molecule has 34 heavy (non-hydrogen) atoms. The Balaban J connectivity index is 1.49. The third-order valence-electron chi connectivity index (χ3n) is 6.22. The van der Waals surface area contributed by atoms with Gasteiger partial charge in [0.2, 0.25) is 0 Å². The first-order valence-electron chi connectivity index (χ1n) is 11.0. The van der Waals surface area contributed by atoms with Gasteiger partial charge in [-0.2, -0.15) is 0 Å². The van der Waals surface area contributed by atoms with Gasteiger partial charge < -0.3 is 10.2 Å². The van der Waals surface area contributed by atoms with E-state index < -0.39 is 16.5 Å². The molecule has 1 atom stereocenters. The maximum Gasteiger partial charge on any atom is 0.319 e. The van der Waals surface area contributed by atoms with Crippen LogP contribution in [-0.4, -0.2) is 29.1 Å². The van der Waals surface area contributed by atoms with Crippen molar-refractivity contribution in [3.05, 3.63) is 101 Å². The van der Waals surface area contributed by atoms with E-state index in [1.165, 1.54) is 28.8 Å². The van der Waals surface area contributed by atoms with Crippen LogP contribution in [0.5, 0.6) is 0 Å². The Morgan fingerprint density at radius 2 is 1.88 bits per heavy atom.